The number of H-pyrrole nitrogens is 1. The summed E-state index contributed by atoms with van der Waals surface area (Å²) < 4.78 is 4.83. The van der Waals surface area contributed by atoms with Gasteiger partial charge < -0.3 is 4.74 Å². The lowest BCUT2D eigenvalue weighted by molar-refractivity contribution is 0.377. The highest BCUT2D eigenvalue weighted by atomic mass is 16.5. The minimum absolute atomic E-state index is 0.0493. The van der Waals surface area contributed by atoms with E-state index in [-0.39, 0.29) is 6.01 Å². The molecule has 2 aromatic rings. The van der Waals surface area contributed by atoms with Gasteiger partial charge in [0.1, 0.15) is 5.82 Å². The molecule has 82 valence electrons. The summed E-state index contributed by atoms with van der Waals surface area (Å²) in [7, 11) is 1.41. The van der Waals surface area contributed by atoms with E-state index in [1.54, 1.807) is 12.3 Å². The molecule has 0 saturated heterocycles. The Morgan fingerprint density at radius 2 is 2.19 bits per heavy atom. The second kappa shape index (κ2) is 4.09. The van der Waals surface area contributed by atoms with Crippen molar-refractivity contribution in [2.24, 2.45) is 0 Å². The van der Waals surface area contributed by atoms with Crippen LogP contribution in [0.4, 0.5) is 0 Å². The number of aromatic amines is 1. The molecule has 0 aliphatic carbocycles. The van der Waals surface area contributed by atoms with Crippen LogP contribution in [0.3, 0.4) is 0 Å². The molecule has 0 aromatic carbocycles. The Labute approximate surface area is 91.4 Å². The highest BCUT2D eigenvalue weighted by Crippen LogP contribution is 2.14. The molecule has 2 heterocycles. The number of nitrogens with one attached hydrogen (secondary N) is 1. The summed E-state index contributed by atoms with van der Waals surface area (Å²) in [6, 6.07) is 3.62. The highest BCUT2D eigenvalue weighted by molar-refractivity contribution is 5.54. The van der Waals surface area contributed by atoms with Gasteiger partial charge in [-0.25, -0.2) is 4.79 Å². The molecule has 0 bridgehead atoms. The molecule has 1 N–H and O–H groups in total. The smallest absolute Gasteiger partial charge is 0.351 e. The first-order chi connectivity index (χ1) is 7.69. The molecule has 0 amide bonds. The summed E-state index contributed by atoms with van der Waals surface area (Å²) in [4.78, 5) is 25.4. The Morgan fingerprint density at radius 1 is 1.38 bits per heavy atom. The average Bonchev–Trinajstić information content (AvgIpc) is 2.28. The van der Waals surface area contributed by atoms with Gasteiger partial charge in [0.25, 0.3) is 0 Å². The number of rotatable bonds is 2. The van der Waals surface area contributed by atoms with Gasteiger partial charge in [-0.05, 0) is 19.1 Å². The summed E-state index contributed by atoms with van der Waals surface area (Å²) in [5.74, 6) is 0.419. The number of hydrogen-bond acceptors (Lipinski definition) is 5. The number of ether oxygens (including phenoxy) is 1. The maximum Gasteiger partial charge on any atom is 0.351 e. The molecule has 0 unspecified atom stereocenters. The molecule has 0 radical (unpaired) electrons. The van der Waals surface area contributed by atoms with E-state index in [2.05, 4.69) is 19.9 Å². The van der Waals surface area contributed by atoms with E-state index in [1.165, 1.54) is 7.11 Å². The molecular formula is C10H10N4O2. The van der Waals surface area contributed by atoms with Crippen molar-refractivity contribution >= 4 is 0 Å². The van der Waals surface area contributed by atoms with Gasteiger partial charge in [-0.15, -0.1) is 4.98 Å². The molecule has 6 heteroatoms. The zero-order valence-electron chi connectivity index (χ0n) is 8.89. The van der Waals surface area contributed by atoms with Gasteiger partial charge in [-0.2, -0.15) is 4.98 Å². The summed E-state index contributed by atoms with van der Waals surface area (Å²) in [6.45, 7) is 1.86. The van der Waals surface area contributed by atoms with Crippen LogP contribution in [0.25, 0.3) is 11.4 Å². The van der Waals surface area contributed by atoms with Crippen molar-refractivity contribution in [2.75, 3.05) is 7.11 Å². The van der Waals surface area contributed by atoms with Crippen molar-refractivity contribution in [2.45, 2.75) is 6.92 Å². The Morgan fingerprint density at radius 3 is 2.88 bits per heavy atom. The number of hydrogen-bond donors (Lipinski definition) is 1. The van der Waals surface area contributed by atoms with E-state index in [0.29, 0.717) is 5.82 Å². The minimum atomic E-state index is -0.490. The fraction of sp³-hybridized carbons (Fsp3) is 0.200. The van der Waals surface area contributed by atoms with Gasteiger partial charge in [-0.1, -0.05) is 0 Å². The lowest BCUT2D eigenvalue weighted by atomic mass is 10.2. The van der Waals surface area contributed by atoms with Crippen LogP contribution in [0.5, 0.6) is 6.01 Å². The van der Waals surface area contributed by atoms with Crippen LogP contribution in [0.2, 0.25) is 0 Å². The van der Waals surface area contributed by atoms with Gasteiger partial charge >= 0.3 is 11.7 Å². The Balaban J connectivity index is 2.55. The van der Waals surface area contributed by atoms with Crippen molar-refractivity contribution < 1.29 is 4.74 Å². The van der Waals surface area contributed by atoms with Gasteiger partial charge in [0.2, 0.25) is 0 Å². The Hall–Kier alpha value is -2.24. The zero-order chi connectivity index (χ0) is 11.5. The molecule has 2 rings (SSSR count). The first-order valence-corrected chi connectivity index (χ1v) is 4.64. The molecule has 2 aromatic heterocycles. The molecule has 0 spiro atoms. The monoisotopic (exact) mass is 218 g/mol. The van der Waals surface area contributed by atoms with Crippen LogP contribution in [0, 0.1) is 6.92 Å². The van der Waals surface area contributed by atoms with Crippen LogP contribution in [-0.2, 0) is 0 Å². The predicted molar refractivity (Wildman–Crippen MR) is 57.2 cm³/mol. The minimum Gasteiger partial charge on any atom is -0.467 e. The Bertz CT molecular complexity index is 565. The van der Waals surface area contributed by atoms with E-state index in [4.69, 9.17) is 4.74 Å². The first-order valence-electron chi connectivity index (χ1n) is 4.64. The summed E-state index contributed by atoms with van der Waals surface area (Å²) in [6.07, 6.45) is 1.65. The number of pyridine rings is 1. The third-order valence-electron chi connectivity index (χ3n) is 1.98. The number of aromatic nitrogens is 4. The molecule has 0 saturated carbocycles. The third-order valence-corrected chi connectivity index (χ3v) is 1.98. The van der Waals surface area contributed by atoms with Crippen molar-refractivity contribution in [3.05, 3.63) is 34.5 Å². The molecule has 0 aliphatic heterocycles. The summed E-state index contributed by atoms with van der Waals surface area (Å²) in [5.41, 5.74) is 1.12. The molecule has 0 aliphatic rings. The lowest BCUT2D eigenvalue weighted by Crippen LogP contribution is -2.14. The van der Waals surface area contributed by atoms with E-state index < -0.39 is 5.69 Å². The van der Waals surface area contributed by atoms with Gasteiger partial charge in [0.15, 0.2) is 0 Å². The second-order valence-corrected chi connectivity index (χ2v) is 3.17. The van der Waals surface area contributed by atoms with Crippen LogP contribution in [0.15, 0.2) is 23.1 Å². The van der Waals surface area contributed by atoms with Crippen LogP contribution >= 0.6 is 0 Å². The van der Waals surface area contributed by atoms with Gasteiger partial charge in [0, 0.05) is 17.5 Å². The largest absolute Gasteiger partial charge is 0.467 e. The van der Waals surface area contributed by atoms with Crippen LogP contribution in [-0.4, -0.2) is 27.0 Å². The summed E-state index contributed by atoms with van der Waals surface area (Å²) in [5, 5.41) is 0. The zero-order valence-corrected chi connectivity index (χ0v) is 8.89. The number of nitrogens with zero attached hydrogens (tertiary/aromatic N) is 3. The maximum absolute atomic E-state index is 11.2. The van der Waals surface area contributed by atoms with E-state index in [0.717, 1.165) is 11.3 Å². The average molecular weight is 218 g/mol. The van der Waals surface area contributed by atoms with Crippen LogP contribution < -0.4 is 10.4 Å². The third kappa shape index (κ3) is 2.05. The Kier molecular flexibility index (Phi) is 2.63. The summed E-state index contributed by atoms with van der Waals surface area (Å²) >= 11 is 0. The van der Waals surface area contributed by atoms with Crippen molar-refractivity contribution in [3.63, 3.8) is 0 Å². The van der Waals surface area contributed by atoms with Crippen molar-refractivity contribution in [3.8, 4) is 17.4 Å². The fourth-order valence-electron chi connectivity index (χ4n) is 1.29. The van der Waals surface area contributed by atoms with Gasteiger partial charge in [0.05, 0.1) is 7.11 Å². The molecular weight excluding hydrogens is 208 g/mol. The SMILES string of the molecule is COc1nc(-c2ccnc(C)c2)[nH]c(=O)n1. The second-order valence-electron chi connectivity index (χ2n) is 3.17. The first kappa shape index (κ1) is 10.3. The standard InChI is InChI=1S/C10H10N4O2/c1-6-5-7(3-4-11-6)8-12-9(15)14-10(13-8)16-2/h3-5H,1-2H3,(H,12,13,14,15). The highest BCUT2D eigenvalue weighted by Gasteiger charge is 2.05. The number of methoxy groups -OCH3 is 1. The normalized spacial score (nSPS) is 10.1. The fourth-order valence-corrected chi connectivity index (χ4v) is 1.29. The molecule has 6 nitrogen and oxygen atoms in total. The van der Waals surface area contributed by atoms with Crippen LogP contribution in [0.1, 0.15) is 5.69 Å². The van der Waals surface area contributed by atoms with E-state index >= 15 is 0 Å². The van der Waals surface area contributed by atoms with Crippen molar-refractivity contribution in [1.29, 1.82) is 0 Å². The quantitative estimate of drug-likeness (QED) is 0.795. The van der Waals surface area contributed by atoms with Crippen molar-refractivity contribution in [1.82, 2.24) is 19.9 Å². The van der Waals surface area contributed by atoms with E-state index in [9.17, 15) is 4.79 Å². The van der Waals surface area contributed by atoms with Gasteiger partial charge in [-0.3, -0.25) is 9.97 Å². The molecule has 16 heavy (non-hydrogen) atoms. The van der Waals surface area contributed by atoms with E-state index in [1.807, 2.05) is 13.0 Å². The predicted octanol–water partition coefficient (Wildman–Crippen LogP) is 0.544. The maximum atomic E-state index is 11.2. The molecule has 0 atom stereocenters. The lowest BCUT2D eigenvalue weighted by Gasteiger charge is -2.02. The number of aryl methyl sites for hydroxylation is 1. The topological polar surface area (TPSA) is 80.8 Å². The molecule has 0 fully saturated rings.